The van der Waals surface area contributed by atoms with E-state index in [-0.39, 0.29) is 0 Å². The number of hydrogen-bond acceptors (Lipinski definition) is 5. The van der Waals surface area contributed by atoms with E-state index in [1.54, 1.807) is 0 Å². The predicted molar refractivity (Wildman–Crippen MR) is 216 cm³/mol. The van der Waals surface area contributed by atoms with Gasteiger partial charge < -0.3 is 4.42 Å². The molecule has 7 aromatic rings. The van der Waals surface area contributed by atoms with Crippen molar-refractivity contribution in [3.05, 3.63) is 158 Å². The summed E-state index contributed by atoms with van der Waals surface area (Å²) in [7, 11) is 0. The van der Waals surface area contributed by atoms with Crippen molar-refractivity contribution in [1.82, 2.24) is 15.0 Å². The van der Waals surface area contributed by atoms with Crippen molar-refractivity contribution in [1.29, 1.82) is 0 Å². The average molecular weight is 694 g/mol. The van der Waals surface area contributed by atoms with Gasteiger partial charge in [-0.05, 0) is 72.1 Å². The Balaban J connectivity index is 1.15. The molecule has 0 saturated heterocycles. The van der Waals surface area contributed by atoms with Crippen LogP contribution in [0, 0.1) is 0 Å². The topological polar surface area (TPSA) is 51.8 Å². The molecule has 2 aliphatic carbocycles. The Hall–Kier alpha value is -5.65. The van der Waals surface area contributed by atoms with Crippen molar-refractivity contribution in [2.45, 2.75) is 51.4 Å². The Morgan fingerprint density at radius 3 is 2.15 bits per heavy atom. The summed E-state index contributed by atoms with van der Waals surface area (Å²) in [4.78, 5) is 17.0. The SMILES string of the molecule is C=c1sc2c(/c1=C/CCCC1=C(c3nc(-c4ccccc4)nc(-c4ccc(-c5ccccc5)cc4)n3)c3c(oc4ccccc34)CC1)C(C)CC=C2. The van der Waals surface area contributed by atoms with Gasteiger partial charge in [-0.1, -0.05) is 134 Å². The first kappa shape index (κ1) is 32.3. The Kier molecular flexibility index (Phi) is 8.57. The molecule has 52 heavy (non-hydrogen) atoms. The van der Waals surface area contributed by atoms with Gasteiger partial charge in [0.15, 0.2) is 17.5 Å². The van der Waals surface area contributed by atoms with Crippen molar-refractivity contribution in [2.24, 2.45) is 0 Å². The normalized spacial score (nSPS) is 15.6. The minimum atomic E-state index is 0.532. The molecule has 254 valence electrons. The fourth-order valence-electron chi connectivity index (χ4n) is 7.85. The van der Waals surface area contributed by atoms with Crippen molar-refractivity contribution in [2.75, 3.05) is 0 Å². The van der Waals surface area contributed by atoms with Crippen LogP contribution in [-0.2, 0) is 6.42 Å². The van der Waals surface area contributed by atoms with Gasteiger partial charge in [0.25, 0.3) is 0 Å². The van der Waals surface area contributed by atoms with Crippen LogP contribution < -0.4 is 9.75 Å². The smallest absolute Gasteiger partial charge is 0.164 e. The molecule has 5 heteroatoms. The van der Waals surface area contributed by atoms with Crippen LogP contribution in [0.5, 0.6) is 0 Å². The summed E-state index contributed by atoms with van der Waals surface area (Å²) < 4.78 is 7.68. The van der Waals surface area contributed by atoms with Gasteiger partial charge in [-0.3, -0.25) is 0 Å². The van der Waals surface area contributed by atoms with Crippen LogP contribution in [0.4, 0.5) is 0 Å². The second kappa shape index (κ2) is 13.8. The van der Waals surface area contributed by atoms with Gasteiger partial charge in [0.1, 0.15) is 11.3 Å². The van der Waals surface area contributed by atoms with Crippen LogP contribution in [-0.4, -0.2) is 15.0 Å². The average Bonchev–Trinajstić information content (AvgIpc) is 3.74. The molecule has 0 bridgehead atoms. The Morgan fingerprint density at radius 2 is 1.38 bits per heavy atom. The van der Waals surface area contributed by atoms with E-state index in [2.05, 4.69) is 111 Å². The lowest BCUT2D eigenvalue weighted by atomic mass is 9.85. The summed E-state index contributed by atoms with van der Waals surface area (Å²) in [6.07, 6.45) is 12.8. The van der Waals surface area contributed by atoms with Crippen LogP contribution in [0.1, 0.15) is 72.5 Å². The van der Waals surface area contributed by atoms with Crippen molar-refractivity contribution in [3.8, 4) is 33.9 Å². The molecule has 1 atom stereocenters. The first-order valence-electron chi connectivity index (χ1n) is 18.3. The monoisotopic (exact) mass is 693 g/mol. The van der Waals surface area contributed by atoms with E-state index in [0.717, 1.165) is 83.1 Å². The van der Waals surface area contributed by atoms with E-state index in [4.69, 9.17) is 19.4 Å². The Bertz CT molecular complexity index is 2600. The Morgan fingerprint density at radius 1 is 0.750 bits per heavy atom. The van der Waals surface area contributed by atoms with E-state index < -0.39 is 0 Å². The highest BCUT2D eigenvalue weighted by molar-refractivity contribution is 7.10. The van der Waals surface area contributed by atoms with Gasteiger partial charge in [-0.25, -0.2) is 15.0 Å². The maximum absolute atomic E-state index is 6.50. The number of fused-ring (bicyclic) bond motifs is 4. The first-order chi connectivity index (χ1) is 25.6. The molecule has 0 N–H and O–H groups in total. The number of unbranched alkanes of at least 4 members (excludes halogenated alkanes) is 1. The number of thiophene rings is 1. The van der Waals surface area contributed by atoms with Crippen LogP contribution >= 0.6 is 11.3 Å². The van der Waals surface area contributed by atoms with Gasteiger partial charge >= 0.3 is 0 Å². The summed E-state index contributed by atoms with van der Waals surface area (Å²) in [5.41, 5.74) is 10.2. The zero-order valence-electron chi connectivity index (χ0n) is 29.3. The lowest BCUT2D eigenvalue weighted by Crippen LogP contribution is -2.22. The molecule has 2 aliphatic rings. The van der Waals surface area contributed by atoms with E-state index in [1.807, 2.05) is 41.7 Å². The Labute approximate surface area is 308 Å². The van der Waals surface area contributed by atoms with Crippen LogP contribution in [0.25, 0.3) is 69.2 Å². The highest BCUT2D eigenvalue weighted by Crippen LogP contribution is 2.43. The van der Waals surface area contributed by atoms with Gasteiger partial charge in [-0.2, -0.15) is 0 Å². The molecule has 4 aromatic carbocycles. The fourth-order valence-corrected chi connectivity index (χ4v) is 9.00. The molecular formula is C47H39N3OS. The van der Waals surface area contributed by atoms with E-state index >= 15 is 0 Å². The number of aryl methyl sites for hydroxylation is 1. The molecule has 0 spiro atoms. The summed E-state index contributed by atoms with van der Waals surface area (Å²) in [5, 5.41) is 2.46. The van der Waals surface area contributed by atoms with Gasteiger partial charge in [0.05, 0.1) is 0 Å². The third kappa shape index (κ3) is 6.05. The summed E-state index contributed by atoms with van der Waals surface area (Å²) in [6.45, 7) is 6.76. The molecule has 4 nitrogen and oxygen atoms in total. The third-order valence-electron chi connectivity index (χ3n) is 10.4. The molecule has 3 aromatic heterocycles. The number of hydrogen-bond donors (Lipinski definition) is 0. The lowest BCUT2D eigenvalue weighted by molar-refractivity contribution is 0.539. The highest BCUT2D eigenvalue weighted by atomic mass is 32.1. The predicted octanol–water partition coefficient (Wildman–Crippen LogP) is 11.0. The summed E-state index contributed by atoms with van der Waals surface area (Å²) in [5.74, 6) is 3.58. The number of nitrogens with zero attached hydrogens (tertiary/aromatic N) is 3. The fraction of sp³-hybridized carbons (Fsp3) is 0.170. The van der Waals surface area contributed by atoms with Gasteiger partial charge in [0, 0.05) is 43.5 Å². The van der Waals surface area contributed by atoms with Crippen molar-refractivity contribution >= 4 is 46.6 Å². The number of para-hydroxylation sites is 1. The second-order valence-corrected chi connectivity index (χ2v) is 15.0. The number of aromatic nitrogens is 3. The van der Waals surface area contributed by atoms with Crippen LogP contribution in [0.2, 0.25) is 0 Å². The van der Waals surface area contributed by atoms with Gasteiger partial charge in [-0.15, -0.1) is 11.3 Å². The first-order valence-corrected chi connectivity index (χ1v) is 19.1. The molecular weight excluding hydrogens is 655 g/mol. The number of allylic oxidation sites excluding steroid dienone is 2. The maximum atomic E-state index is 6.50. The number of rotatable bonds is 8. The largest absolute Gasteiger partial charge is 0.460 e. The molecule has 1 unspecified atom stereocenters. The molecule has 0 radical (unpaired) electrons. The molecule has 9 rings (SSSR count). The minimum Gasteiger partial charge on any atom is -0.460 e. The minimum absolute atomic E-state index is 0.532. The molecule has 0 amide bonds. The number of furan rings is 1. The van der Waals surface area contributed by atoms with E-state index in [1.165, 1.54) is 31.3 Å². The van der Waals surface area contributed by atoms with Crippen LogP contribution in [0.15, 0.2) is 125 Å². The maximum Gasteiger partial charge on any atom is 0.164 e. The molecule has 0 saturated carbocycles. The van der Waals surface area contributed by atoms with Crippen molar-refractivity contribution < 1.29 is 4.42 Å². The second-order valence-electron chi connectivity index (χ2n) is 13.8. The van der Waals surface area contributed by atoms with E-state index in [9.17, 15) is 0 Å². The lowest BCUT2D eigenvalue weighted by Gasteiger charge is -2.21. The molecule has 3 heterocycles. The zero-order chi connectivity index (χ0) is 35.0. The quantitative estimate of drug-likeness (QED) is 0.149. The number of benzene rings is 4. The highest BCUT2D eigenvalue weighted by Gasteiger charge is 2.29. The standard InChI is InChI=1S/C47H39N3OS/c1-30-14-13-23-41-42(30)37(31(2)52-41)20-10-9-17-34-28-29-40-44(38-21-11-12-22-39(38)51-40)43(34)47-49-45(35-18-7-4-8-19-35)48-46(50-47)36-26-24-33(25-27-36)32-15-5-3-6-16-32/h3-8,11-13,15-16,18-27,30H,2,9-10,14,17,28-29H2,1H3/b37-20+. The van der Waals surface area contributed by atoms with Crippen LogP contribution in [0.3, 0.4) is 0 Å². The molecule has 0 aliphatic heterocycles. The van der Waals surface area contributed by atoms with Crippen molar-refractivity contribution in [3.63, 3.8) is 0 Å². The molecule has 0 fully saturated rings. The van der Waals surface area contributed by atoms with E-state index in [0.29, 0.717) is 23.4 Å². The van der Waals surface area contributed by atoms with Gasteiger partial charge in [0.2, 0.25) is 0 Å². The summed E-state index contributed by atoms with van der Waals surface area (Å²) >= 11 is 1.83. The summed E-state index contributed by atoms with van der Waals surface area (Å²) in [6, 6.07) is 37.6. The zero-order valence-corrected chi connectivity index (χ0v) is 30.1. The third-order valence-corrected chi connectivity index (χ3v) is 11.5.